The molecule has 14 heteroatoms. The smallest absolute Gasteiger partial charge is 0.330 e. The lowest BCUT2D eigenvalue weighted by Crippen LogP contribution is -2.61. The van der Waals surface area contributed by atoms with Crippen molar-refractivity contribution in [3.63, 3.8) is 0 Å². The van der Waals surface area contributed by atoms with Crippen LogP contribution in [0.4, 0.5) is 0 Å². The molecule has 0 aromatic heterocycles. The zero-order chi connectivity index (χ0) is 34.3. The molecule has 0 spiro atoms. The van der Waals surface area contributed by atoms with Crippen molar-refractivity contribution < 1.29 is 58.8 Å². The van der Waals surface area contributed by atoms with Crippen molar-refractivity contribution in [1.82, 2.24) is 0 Å². The molecular formula is C33H48N2O12. The zero-order valence-corrected chi connectivity index (χ0v) is 26.6. The van der Waals surface area contributed by atoms with Crippen molar-refractivity contribution in [1.29, 1.82) is 0 Å². The summed E-state index contributed by atoms with van der Waals surface area (Å²) in [5, 5.41) is 54.1. The summed E-state index contributed by atoms with van der Waals surface area (Å²) in [7, 11) is 0. The van der Waals surface area contributed by atoms with E-state index in [2.05, 4.69) is 0 Å². The van der Waals surface area contributed by atoms with E-state index >= 15 is 0 Å². The lowest BCUT2D eigenvalue weighted by atomic mass is 9.82. The number of esters is 1. The van der Waals surface area contributed by atoms with Gasteiger partial charge in [-0.15, -0.1) is 0 Å². The standard InChI is InChI=1S/C33H48N2O12/c1-18-10-8-6-4-3-5-7-9-11-21(45-32-30(40)28(34)29(39)19(2)44-32)15-25-27(31(35)41)22(37)17-33(42,47-25)16-20(36)14-24-23(46-24)12-13-26(38)43-18/h3-9,11-13,18-25,27-30,32,36-37,39-40,42H,10,14-17,34H2,1-2H3,(H2,35,41)/b4-3-,7-5-,8-6-,11-9?,13-12-/t18-,19-,20+,21+,22+,23-,24-,25+,27-,28+,29-,30+,32+,33-/m1/s1. The number of hydrogen-bond acceptors (Lipinski definition) is 13. The third-order valence-electron chi connectivity index (χ3n) is 8.62. The molecule has 4 rings (SSSR count). The van der Waals surface area contributed by atoms with E-state index in [1.807, 2.05) is 12.2 Å². The summed E-state index contributed by atoms with van der Waals surface area (Å²) in [6.07, 6.45) is 6.16. The van der Waals surface area contributed by atoms with Crippen molar-refractivity contribution in [2.24, 2.45) is 17.4 Å². The van der Waals surface area contributed by atoms with E-state index < -0.39 is 97.3 Å². The Morgan fingerprint density at radius 3 is 2.36 bits per heavy atom. The number of ether oxygens (including phenoxy) is 5. The zero-order valence-electron chi connectivity index (χ0n) is 26.6. The molecule has 14 atom stereocenters. The van der Waals surface area contributed by atoms with Gasteiger partial charge >= 0.3 is 5.97 Å². The maximum atomic E-state index is 12.5. The van der Waals surface area contributed by atoms with E-state index in [1.54, 1.807) is 56.4 Å². The number of epoxide rings is 1. The van der Waals surface area contributed by atoms with Gasteiger partial charge in [0.15, 0.2) is 12.1 Å². The van der Waals surface area contributed by atoms with Gasteiger partial charge in [-0.3, -0.25) is 4.79 Å². The van der Waals surface area contributed by atoms with Crippen molar-refractivity contribution >= 4 is 11.9 Å². The first-order valence-corrected chi connectivity index (χ1v) is 16.0. The van der Waals surface area contributed by atoms with E-state index in [0.29, 0.717) is 6.42 Å². The molecule has 9 N–H and O–H groups in total. The topological polar surface area (TPSA) is 237 Å². The monoisotopic (exact) mass is 664 g/mol. The van der Waals surface area contributed by atoms with Gasteiger partial charge in [0.2, 0.25) is 5.91 Å². The molecule has 3 saturated heterocycles. The van der Waals surface area contributed by atoms with Gasteiger partial charge in [-0.25, -0.2) is 4.79 Å². The Bertz CT molecular complexity index is 1220. The third-order valence-corrected chi connectivity index (χ3v) is 8.62. The number of rotatable bonds is 3. The van der Waals surface area contributed by atoms with Gasteiger partial charge in [-0.2, -0.15) is 0 Å². The second-order valence-corrected chi connectivity index (χ2v) is 12.6. The summed E-state index contributed by atoms with van der Waals surface area (Å²) in [4.78, 5) is 24.7. The minimum atomic E-state index is -2.04. The molecule has 1 amide bonds. The van der Waals surface area contributed by atoms with E-state index in [9.17, 15) is 35.1 Å². The average Bonchev–Trinajstić information content (AvgIpc) is 3.72. The van der Waals surface area contributed by atoms with Gasteiger partial charge < -0.3 is 60.7 Å². The Morgan fingerprint density at radius 1 is 0.936 bits per heavy atom. The van der Waals surface area contributed by atoms with Crippen molar-refractivity contribution in [3.05, 3.63) is 60.8 Å². The van der Waals surface area contributed by atoms with Crippen molar-refractivity contribution in [2.75, 3.05) is 0 Å². The van der Waals surface area contributed by atoms with Crippen molar-refractivity contribution in [2.45, 2.75) is 125 Å². The highest BCUT2D eigenvalue weighted by Gasteiger charge is 2.51. The lowest BCUT2D eigenvalue weighted by Gasteiger charge is -2.45. The fourth-order valence-electron chi connectivity index (χ4n) is 6.05. The van der Waals surface area contributed by atoms with Gasteiger partial charge in [0.1, 0.15) is 18.3 Å². The Balaban J connectivity index is 1.58. The molecule has 0 aliphatic carbocycles. The van der Waals surface area contributed by atoms with Gasteiger partial charge in [-0.1, -0.05) is 48.6 Å². The molecular weight excluding hydrogens is 616 g/mol. The van der Waals surface area contributed by atoms with Gasteiger partial charge in [0.25, 0.3) is 0 Å². The number of aliphatic hydroxyl groups excluding tert-OH is 4. The molecule has 0 aromatic rings. The van der Waals surface area contributed by atoms with Crippen LogP contribution in [0.3, 0.4) is 0 Å². The van der Waals surface area contributed by atoms with E-state index in [-0.39, 0.29) is 25.4 Å². The molecule has 4 aliphatic rings. The molecule has 262 valence electrons. The summed E-state index contributed by atoms with van der Waals surface area (Å²) in [6.45, 7) is 3.36. The van der Waals surface area contributed by atoms with E-state index in [0.717, 1.165) is 0 Å². The van der Waals surface area contributed by atoms with Crippen LogP contribution in [0.25, 0.3) is 0 Å². The Kier molecular flexibility index (Phi) is 13.1. The molecule has 47 heavy (non-hydrogen) atoms. The van der Waals surface area contributed by atoms with E-state index in [1.165, 1.54) is 6.08 Å². The first-order chi connectivity index (χ1) is 22.3. The molecule has 4 heterocycles. The summed E-state index contributed by atoms with van der Waals surface area (Å²) in [5.41, 5.74) is 11.6. The van der Waals surface area contributed by atoms with Crippen LogP contribution in [0.5, 0.6) is 0 Å². The van der Waals surface area contributed by atoms with Crippen LogP contribution in [-0.4, -0.2) is 117 Å². The second-order valence-electron chi connectivity index (χ2n) is 12.6. The molecule has 0 aromatic carbocycles. The Hall–Kier alpha value is -2.76. The predicted octanol–water partition coefficient (Wildman–Crippen LogP) is -0.480. The minimum absolute atomic E-state index is 0.104. The van der Waals surface area contributed by atoms with Crippen LogP contribution in [0.2, 0.25) is 0 Å². The number of hydrogen-bond donors (Lipinski definition) is 7. The van der Waals surface area contributed by atoms with Crippen LogP contribution in [-0.2, 0) is 33.3 Å². The fourth-order valence-corrected chi connectivity index (χ4v) is 6.05. The molecule has 14 nitrogen and oxygen atoms in total. The van der Waals surface area contributed by atoms with Crippen molar-refractivity contribution in [3.8, 4) is 0 Å². The molecule has 0 radical (unpaired) electrons. The van der Waals surface area contributed by atoms with Crippen LogP contribution >= 0.6 is 0 Å². The maximum absolute atomic E-state index is 12.5. The largest absolute Gasteiger partial charge is 0.459 e. The van der Waals surface area contributed by atoms with Crippen LogP contribution in [0.1, 0.15) is 46.0 Å². The number of allylic oxidation sites excluding steroid dienone is 6. The number of fused-ring (bicyclic) bond motifs is 3. The number of carbonyl (C=O) groups excluding carboxylic acids is 2. The molecule has 0 unspecified atom stereocenters. The SMILES string of the molecule is C[C@@H]1C\C=C/C=C\C=C/C=C[C@H](O[C@@H]2O[C@H](C)[C@@H](O)[C@H](N)[C@@H]2O)C[C@@H]2O[C@](O)(C[C@@H](O)C[C@H]3O[C@@H]3/C=C\C(=O)O1)C[C@H](O)[C@H]2C(N)=O. The molecule has 4 aliphatic heterocycles. The quantitative estimate of drug-likeness (QED) is 0.149. The highest BCUT2D eigenvalue weighted by molar-refractivity contribution is 5.82. The Labute approximate surface area is 273 Å². The van der Waals surface area contributed by atoms with Crippen LogP contribution < -0.4 is 11.5 Å². The minimum Gasteiger partial charge on any atom is -0.459 e. The fraction of sp³-hybridized carbons (Fsp3) is 0.636. The highest BCUT2D eigenvalue weighted by atomic mass is 16.7. The molecule has 2 bridgehead atoms. The van der Waals surface area contributed by atoms with Gasteiger partial charge in [0.05, 0.1) is 54.7 Å². The third kappa shape index (κ3) is 10.6. The predicted molar refractivity (Wildman–Crippen MR) is 167 cm³/mol. The second kappa shape index (κ2) is 16.6. The van der Waals surface area contributed by atoms with Gasteiger partial charge in [-0.05, 0) is 19.9 Å². The average molecular weight is 665 g/mol. The number of aliphatic hydroxyl groups is 5. The van der Waals surface area contributed by atoms with Gasteiger partial charge in [0, 0.05) is 38.2 Å². The Morgan fingerprint density at radius 2 is 1.64 bits per heavy atom. The van der Waals surface area contributed by atoms with E-state index in [4.69, 9.17) is 35.2 Å². The number of primary amides is 1. The molecule has 0 saturated carbocycles. The van der Waals surface area contributed by atoms with Crippen LogP contribution in [0, 0.1) is 5.92 Å². The maximum Gasteiger partial charge on any atom is 0.330 e. The number of amides is 1. The number of nitrogens with two attached hydrogens (primary N) is 2. The summed E-state index contributed by atoms with van der Waals surface area (Å²) < 4.78 is 28.7. The number of cyclic esters (lactones) is 1. The summed E-state index contributed by atoms with van der Waals surface area (Å²) >= 11 is 0. The molecule has 3 fully saturated rings. The highest BCUT2D eigenvalue weighted by Crippen LogP contribution is 2.39. The lowest BCUT2D eigenvalue weighted by molar-refractivity contribution is -0.306. The number of carbonyl (C=O) groups is 2. The normalized spacial score (nSPS) is 46.6. The first-order valence-electron chi connectivity index (χ1n) is 16.0. The summed E-state index contributed by atoms with van der Waals surface area (Å²) in [6, 6.07) is -1.06. The first kappa shape index (κ1) is 37.1. The summed E-state index contributed by atoms with van der Waals surface area (Å²) in [5.74, 6) is -4.66. The van der Waals surface area contributed by atoms with Crippen LogP contribution in [0.15, 0.2) is 60.8 Å².